The first-order valence-electron chi connectivity index (χ1n) is 12.4. The molecule has 1 atom stereocenters. The minimum Gasteiger partial charge on any atom is -0.353 e. The minimum absolute atomic E-state index is 0.0728. The zero-order valence-corrected chi connectivity index (χ0v) is 21.3. The first kappa shape index (κ1) is 22.3. The number of nitrogens with zero attached hydrogens (tertiary/aromatic N) is 4. The maximum absolute atomic E-state index is 12.6. The minimum atomic E-state index is -0.0728. The molecule has 1 amide bonds. The van der Waals surface area contributed by atoms with Gasteiger partial charge in [0.2, 0.25) is 5.91 Å². The molecule has 3 aromatic rings. The number of nitrogens with one attached hydrogen (secondary N) is 1. The number of carbonyl (C=O) groups excluding carboxylic acids is 1. The second-order valence-electron chi connectivity index (χ2n) is 9.58. The lowest BCUT2D eigenvalue weighted by Crippen LogP contribution is -2.54. The largest absolute Gasteiger partial charge is 0.353 e. The molecule has 3 heterocycles. The Bertz CT molecular complexity index is 1180. The summed E-state index contributed by atoms with van der Waals surface area (Å²) >= 11 is 3.66. The fourth-order valence-corrected chi connectivity index (χ4v) is 7.06. The summed E-state index contributed by atoms with van der Waals surface area (Å²) in [5, 5.41) is 4.45. The number of thiophene rings is 1. The Morgan fingerprint density at radius 1 is 1.15 bits per heavy atom. The van der Waals surface area contributed by atoms with Crippen LogP contribution < -0.4 is 10.2 Å². The van der Waals surface area contributed by atoms with Crippen LogP contribution in [0.2, 0.25) is 0 Å². The summed E-state index contributed by atoms with van der Waals surface area (Å²) < 4.78 is 0. The van der Waals surface area contributed by atoms with Crippen LogP contribution in [0.1, 0.15) is 42.5 Å². The molecule has 3 aliphatic rings. The van der Waals surface area contributed by atoms with Gasteiger partial charge in [-0.25, -0.2) is 9.97 Å². The van der Waals surface area contributed by atoms with E-state index in [4.69, 9.17) is 9.97 Å². The van der Waals surface area contributed by atoms with Crippen molar-refractivity contribution in [1.82, 2.24) is 20.2 Å². The Morgan fingerprint density at radius 3 is 2.71 bits per heavy atom. The quantitative estimate of drug-likeness (QED) is 0.496. The lowest BCUT2D eigenvalue weighted by molar-refractivity contribution is -0.126. The van der Waals surface area contributed by atoms with E-state index in [0.29, 0.717) is 6.04 Å². The monoisotopic (exact) mass is 493 g/mol. The van der Waals surface area contributed by atoms with Crippen molar-refractivity contribution in [3.05, 3.63) is 46.6 Å². The van der Waals surface area contributed by atoms with Crippen molar-refractivity contribution in [3.63, 3.8) is 0 Å². The molecule has 1 saturated heterocycles. The van der Waals surface area contributed by atoms with Crippen LogP contribution in [0.5, 0.6) is 0 Å². The average Bonchev–Trinajstić information content (AvgIpc) is 3.45. The topological polar surface area (TPSA) is 61.4 Å². The summed E-state index contributed by atoms with van der Waals surface area (Å²) in [5.41, 5.74) is 1.48. The number of thioether (sulfide) groups is 1. The molecule has 2 fully saturated rings. The lowest BCUT2D eigenvalue weighted by Gasteiger charge is -2.38. The van der Waals surface area contributed by atoms with Gasteiger partial charge in [-0.05, 0) is 56.7 Å². The first-order valence-corrected chi connectivity index (χ1v) is 14.2. The molecule has 1 saturated carbocycles. The number of aromatic nitrogens is 2. The summed E-state index contributed by atoms with van der Waals surface area (Å²) in [6, 6.07) is 10.8. The highest BCUT2D eigenvalue weighted by Gasteiger charge is 2.31. The van der Waals surface area contributed by atoms with Crippen LogP contribution in [0.25, 0.3) is 10.2 Å². The van der Waals surface area contributed by atoms with Crippen LogP contribution in [-0.4, -0.2) is 59.0 Å². The molecule has 178 valence electrons. The highest BCUT2D eigenvalue weighted by atomic mass is 32.2. The number of fused-ring (bicyclic) bond motifs is 3. The maximum atomic E-state index is 12.6. The summed E-state index contributed by atoms with van der Waals surface area (Å²) in [7, 11) is 0. The standard InChI is InChI=1S/C26H31N5OS2/c1-17(25(32)27-18-10-11-18)30-12-14-31(15-13-30)24-23-20-8-5-9-21(20)34-26(23)29-22(28-24)16-33-19-6-3-2-4-7-19/h2-4,6-7,17-18H,5,8-16H2,1H3,(H,27,32)/t17-/m1/s1. The highest BCUT2D eigenvalue weighted by Crippen LogP contribution is 2.41. The van der Waals surface area contributed by atoms with Crippen molar-refractivity contribution in [3.8, 4) is 0 Å². The lowest BCUT2D eigenvalue weighted by atomic mass is 10.1. The number of hydrogen-bond donors (Lipinski definition) is 1. The molecule has 6 nitrogen and oxygen atoms in total. The van der Waals surface area contributed by atoms with E-state index >= 15 is 0 Å². The molecule has 0 bridgehead atoms. The normalized spacial score (nSPS) is 19.4. The number of benzene rings is 1. The number of aryl methyl sites for hydroxylation is 2. The summed E-state index contributed by atoms with van der Waals surface area (Å²) in [6.07, 6.45) is 5.81. The molecule has 8 heteroatoms. The Kier molecular flexibility index (Phi) is 6.22. The number of hydrogen-bond acceptors (Lipinski definition) is 7. The summed E-state index contributed by atoms with van der Waals surface area (Å²) in [5.74, 6) is 2.98. The molecule has 0 unspecified atom stereocenters. The summed E-state index contributed by atoms with van der Waals surface area (Å²) in [4.78, 5) is 31.4. The predicted molar refractivity (Wildman–Crippen MR) is 140 cm³/mol. The van der Waals surface area contributed by atoms with Crippen molar-refractivity contribution in [2.45, 2.75) is 61.8 Å². The number of rotatable bonds is 7. The molecule has 0 spiro atoms. The second kappa shape index (κ2) is 9.47. The van der Waals surface area contributed by atoms with Crippen molar-refractivity contribution in [2.24, 2.45) is 0 Å². The molecular weight excluding hydrogens is 462 g/mol. The van der Waals surface area contributed by atoms with E-state index in [-0.39, 0.29) is 11.9 Å². The number of anilines is 1. The molecule has 2 aromatic heterocycles. The number of piperazine rings is 1. The van der Waals surface area contributed by atoms with E-state index in [1.165, 1.54) is 33.6 Å². The fourth-order valence-electron chi connectivity index (χ4n) is 5.01. The van der Waals surface area contributed by atoms with E-state index in [2.05, 4.69) is 39.4 Å². The molecule has 2 aliphatic carbocycles. The van der Waals surface area contributed by atoms with Crippen LogP contribution in [0.3, 0.4) is 0 Å². The van der Waals surface area contributed by atoms with E-state index in [1.807, 2.05) is 24.3 Å². The predicted octanol–water partition coefficient (Wildman–Crippen LogP) is 4.26. The SMILES string of the molecule is C[C@H](C(=O)NC1CC1)N1CCN(c2nc(CSc3ccccc3)nc3sc4c(c23)CCC4)CC1. The fraction of sp³-hybridized carbons (Fsp3) is 0.500. The van der Waals surface area contributed by atoms with Crippen LogP contribution in [0.15, 0.2) is 35.2 Å². The van der Waals surface area contributed by atoms with Gasteiger partial charge in [-0.15, -0.1) is 23.1 Å². The van der Waals surface area contributed by atoms with Gasteiger partial charge in [0.1, 0.15) is 16.5 Å². The Balaban J connectivity index is 1.22. The number of amides is 1. The van der Waals surface area contributed by atoms with Gasteiger partial charge in [0, 0.05) is 42.0 Å². The smallest absolute Gasteiger partial charge is 0.237 e. The van der Waals surface area contributed by atoms with Gasteiger partial charge >= 0.3 is 0 Å². The molecule has 1 aliphatic heterocycles. The van der Waals surface area contributed by atoms with Crippen molar-refractivity contribution in [1.29, 1.82) is 0 Å². The van der Waals surface area contributed by atoms with E-state index in [0.717, 1.165) is 67.7 Å². The van der Waals surface area contributed by atoms with Gasteiger partial charge in [-0.1, -0.05) is 18.2 Å². The third-order valence-corrected chi connectivity index (χ3v) is 9.36. The molecule has 1 aromatic carbocycles. The Morgan fingerprint density at radius 2 is 1.94 bits per heavy atom. The van der Waals surface area contributed by atoms with E-state index in [1.54, 1.807) is 11.8 Å². The molecule has 34 heavy (non-hydrogen) atoms. The van der Waals surface area contributed by atoms with Crippen LogP contribution >= 0.6 is 23.1 Å². The van der Waals surface area contributed by atoms with Crippen LogP contribution in [-0.2, 0) is 23.4 Å². The Labute approximate surface area is 209 Å². The van der Waals surface area contributed by atoms with Crippen molar-refractivity contribution >= 4 is 45.0 Å². The maximum Gasteiger partial charge on any atom is 0.237 e. The third kappa shape index (κ3) is 4.55. The van der Waals surface area contributed by atoms with Gasteiger partial charge in [-0.2, -0.15) is 0 Å². The molecule has 1 N–H and O–H groups in total. The average molecular weight is 494 g/mol. The zero-order chi connectivity index (χ0) is 23.1. The Hall–Kier alpha value is -2.16. The van der Waals surface area contributed by atoms with Gasteiger partial charge in [0.15, 0.2) is 0 Å². The third-order valence-electron chi connectivity index (χ3n) is 7.17. The second-order valence-corrected chi connectivity index (χ2v) is 11.7. The molecule has 0 radical (unpaired) electrons. The molecule has 6 rings (SSSR count). The zero-order valence-electron chi connectivity index (χ0n) is 19.6. The van der Waals surface area contributed by atoms with Crippen LogP contribution in [0.4, 0.5) is 5.82 Å². The highest BCUT2D eigenvalue weighted by molar-refractivity contribution is 7.98. The van der Waals surface area contributed by atoms with Gasteiger partial charge in [-0.3, -0.25) is 9.69 Å². The first-order chi connectivity index (χ1) is 16.7. The summed E-state index contributed by atoms with van der Waals surface area (Å²) in [6.45, 7) is 5.59. The van der Waals surface area contributed by atoms with E-state index < -0.39 is 0 Å². The molecular formula is C26H31N5OS2. The number of carbonyl (C=O) groups is 1. The van der Waals surface area contributed by atoms with Gasteiger partial charge in [0.25, 0.3) is 0 Å². The van der Waals surface area contributed by atoms with Gasteiger partial charge in [0.05, 0.1) is 17.2 Å². The van der Waals surface area contributed by atoms with Crippen molar-refractivity contribution in [2.75, 3.05) is 31.1 Å². The van der Waals surface area contributed by atoms with Gasteiger partial charge < -0.3 is 10.2 Å². The van der Waals surface area contributed by atoms with E-state index in [9.17, 15) is 4.79 Å². The van der Waals surface area contributed by atoms with Crippen molar-refractivity contribution < 1.29 is 4.79 Å². The van der Waals surface area contributed by atoms with Crippen LogP contribution in [0, 0.1) is 0 Å².